The second-order valence-electron chi connectivity index (χ2n) is 5.70. The number of amides is 1. The number of carbonyl (C=O) groups is 1. The lowest BCUT2D eigenvalue weighted by Gasteiger charge is -2.28. The molecule has 1 N–H and O–H groups in total. The highest BCUT2D eigenvalue weighted by Gasteiger charge is 2.21. The first-order valence-corrected chi connectivity index (χ1v) is 8.80. The van der Waals surface area contributed by atoms with Crippen molar-refractivity contribution in [2.24, 2.45) is 0 Å². The predicted molar refractivity (Wildman–Crippen MR) is 88.7 cm³/mol. The quantitative estimate of drug-likeness (QED) is 0.836. The molecule has 0 saturated heterocycles. The van der Waals surface area contributed by atoms with Crippen LogP contribution in [0.4, 0.5) is 0 Å². The van der Waals surface area contributed by atoms with Gasteiger partial charge in [-0.2, -0.15) is 0 Å². The molecule has 0 aromatic carbocycles. The summed E-state index contributed by atoms with van der Waals surface area (Å²) in [5, 5.41) is 5.49. The number of nitrogens with one attached hydrogen (secondary N) is 1. The molecule has 1 aliphatic heterocycles. The van der Waals surface area contributed by atoms with Gasteiger partial charge in [-0.15, -0.1) is 11.3 Å². The molecule has 2 heterocycles. The van der Waals surface area contributed by atoms with Crippen LogP contribution in [0.15, 0.2) is 11.4 Å². The van der Waals surface area contributed by atoms with Gasteiger partial charge < -0.3 is 15.1 Å². The molecule has 0 aliphatic carbocycles. The Hall–Kier alpha value is -0.910. The van der Waals surface area contributed by atoms with Gasteiger partial charge in [-0.3, -0.25) is 4.79 Å². The lowest BCUT2D eigenvalue weighted by Crippen LogP contribution is -2.45. The Morgan fingerprint density at radius 3 is 2.95 bits per heavy atom. The molecular weight excluding hydrogens is 282 g/mol. The highest BCUT2D eigenvalue weighted by atomic mass is 32.1. The fourth-order valence-corrected chi connectivity index (χ4v) is 3.66. The summed E-state index contributed by atoms with van der Waals surface area (Å²) in [6, 6.07) is 2.49. The van der Waals surface area contributed by atoms with Crippen LogP contribution in [-0.4, -0.2) is 54.5 Å². The number of fused-ring (bicyclic) bond motifs is 1. The average Bonchev–Trinajstić information content (AvgIpc) is 2.97. The van der Waals surface area contributed by atoms with Crippen molar-refractivity contribution in [3.63, 3.8) is 0 Å². The van der Waals surface area contributed by atoms with E-state index in [1.54, 1.807) is 0 Å². The molecule has 1 aromatic heterocycles. The van der Waals surface area contributed by atoms with Crippen molar-refractivity contribution in [3.05, 3.63) is 21.9 Å². The van der Waals surface area contributed by atoms with Gasteiger partial charge >= 0.3 is 0 Å². The molecule has 0 radical (unpaired) electrons. The lowest BCUT2D eigenvalue weighted by atomic mass is 10.1. The van der Waals surface area contributed by atoms with Gasteiger partial charge in [0.2, 0.25) is 5.91 Å². The summed E-state index contributed by atoms with van der Waals surface area (Å²) in [6.45, 7) is 11.7. The standard InChI is InChI=1S/C16H27N3OS/c1-4-18(5-2)11-13(3)17-10-16(20)19-8-6-15-14(12-19)7-9-21-15/h7,9,13,17H,4-6,8,10-12H2,1-3H3. The van der Waals surface area contributed by atoms with Gasteiger partial charge in [-0.25, -0.2) is 0 Å². The monoisotopic (exact) mass is 309 g/mol. The first-order valence-electron chi connectivity index (χ1n) is 7.92. The molecule has 5 heteroatoms. The zero-order valence-electron chi connectivity index (χ0n) is 13.4. The molecule has 0 spiro atoms. The normalized spacial score (nSPS) is 16.1. The Bertz CT molecular complexity index is 456. The zero-order valence-corrected chi connectivity index (χ0v) is 14.2. The molecule has 0 saturated carbocycles. The largest absolute Gasteiger partial charge is 0.337 e. The van der Waals surface area contributed by atoms with E-state index in [0.29, 0.717) is 12.6 Å². The van der Waals surface area contributed by atoms with Crippen molar-refractivity contribution in [3.8, 4) is 0 Å². The van der Waals surface area contributed by atoms with Gasteiger partial charge in [-0.1, -0.05) is 13.8 Å². The lowest BCUT2D eigenvalue weighted by molar-refractivity contribution is -0.131. The van der Waals surface area contributed by atoms with Crippen LogP contribution in [0.1, 0.15) is 31.2 Å². The molecule has 21 heavy (non-hydrogen) atoms. The molecule has 0 bridgehead atoms. The summed E-state index contributed by atoms with van der Waals surface area (Å²) in [5.74, 6) is 0.221. The van der Waals surface area contributed by atoms with Gasteiger partial charge in [0, 0.05) is 30.6 Å². The van der Waals surface area contributed by atoms with Crippen LogP contribution in [0.5, 0.6) is 0 Å². The van der Waals surface area contributed by atoms with E-state index in [9.17, 15) is 4.79 Å². The van der Waals surface area contributed by atoms with Crippen LogP contribution in [0.25, 0.3) is 0 Å². The number of hydrogen-bond acceptors (Lipinski definition) is 4. The van der Waals surface area contributed by atoms with E-state index in [2.05, 4.69) is 42.4 Å². The van der Waals surface area contributed by atoms with Gasteiger partial charge in [0.15, 0.2) is 0 Å². The minimum atomic E-state index is 0.221. The molecule has 2 rings (SSSR count). The summed E-state index contributed by atoms with van der Waals surface area (Å²) in [5.41, 5.74) is 1.33. The summed E-state index contributed by atoms with van der Waals surface area (Å²) < 4.78 is 0. The van der Waals surface area contributed by atoms with E-state index in [4.69, 9.17) is 0 Å². The third-order valence-corrected chi connectivity index (χ3v) is 5.21. The average molecular weight is 309 g/mol. The van der Waals surface area contributed by atoms with E-state index >= 15 is 0 Å². The third-order valence-electron chi connectivity index (χ3n) is 4.19. The Kier molecular flexibility index (Phi) is 6.21. The zero-order chi connectivity index (χ0) is 15.2. The SMILES string of the molecule is CCN(CC)CC(C)NCC(=O)N1CCc2sccc2C1. The van der Waals surface area contributed by atoms with Crippen molar-refractivity contribution in [2.45, 2.75) is 39.8 Å². The van der Waals surface area contributed by atoms with E-state index < -0.39 is 0 Å². The Morgan fingerprint density at radius 1 is 1.48 bits per heavy atom. The van der Waals surface area contributed by atoms with Crippen molar-refractivity contribution >= 4 is 17.2 Å². The minimum absolute atomic E-state index is 0.221. The fraction of sp³-hybridized carbons (Fsp3) is 0.688. The first-order chi connectivity index (χ1) is 10.1. The fourth-order valence-electron chi connectivity index (χ4n) is 2.77. The third kappa shape index (κ3) is 4.53. The number of rotatable bonds is 7. The van der Waals surface area contributed by atoms with Crippen LogP contribution >= 0.6 is 11.3 Å². The Balaban J connectivity index is 1.75. The molecule has 1 aromatic rings. The highest BCUT2D eigenvalue weighted by Crippen LogP contribution is 2.23. The van der Waals surface area contributed by atoms with Crippen molar-refractivity contribution in [1.29, 1.82) is 0 Å². The second kappa shape index (κ2) is 7.92. The topological polar surface area (TPSA) is 35.6 Å². The molecule has 4 nitrogen and oxygen atoms in total. The number of nitrogens with zero attached hydrogens (tertiary/aromatic N) is 2. The van der Waals surface area contributed by atoms with Crippen LogP contribution < -0.4 is 5.32 Å². The van der Waals surface area contributed by atoms with Gasteiger partial charge in [-0.05, 0) is 43.4 Å². The van der Waals surface area contributed by atoms with Crippen LogP contribution in [0.2, 0.25) is 0 Å². The van der Waals surface area contributed by atoms with Crippen molar-refractivity contribution in [2.75, 3.05) is 32.7 Å². The molecular formula is C16H27N3OS. The van der Waals surface area contributed by atoms with E-state index in [1.807, 2.05) is 16.2 Å². The second-order valence-corrected chi connectivity index (χ2v) is 6.70. The number of carbonyl (C=O) groups excluding carboxylic acids is 1. The maximum atomic E-state index is 12.3. The van der Waals surface area contributed by atoms with Crippen LogP contribution in [0, 0.1) is 0 Å². The van der Waals surface area contributed by atoms with E-state index in [0.717, 1.165) is 39.1 Å². The summed E-state index contributed by atoms with van der Waals surface area (Å²) in [6.07, 6.45) is 1.01. The van der Waals surface area contributed by atoms with E-state index in [-0.39, 0.29) is 5.91 Å². The van der Waals surface area contributed by atoms with Crippen LogP contribution in [0.3, 0.4) is 0 Å². The van der Waals surface area contributed by atoms with Crippen LogP contribution in [-0.2, 0) is 17.8 Å². The smallest absolute Gasteiger partial charge is 0.236 e. The van der Waals surface area contributed by atoms with Gasteiger partial charge in [0.1, 0.15) is 0 Å². The summed E-state index contributed by atoms with van der Waals surface area (Å²) in [7, 11) is 0. The van der Waals surface area contributed by atoms with Gasteiger partial charge in [0.25, 0.3) is 0 Å². The highest BCUT2D eigenvalue weighted by molar-refractivity contribution is 7.10. The maximum absolute atomic E-state index is 12.3. The Labute approximate surface area is 132 Å². The van der Waals surface area contributed by atoms with Crippen molar-refractivity contribution in [1.82, 2.24) is 15.1 Å². The molecule has 0 fully saturated rings. The minimum Gasteiger partial charge on any atom is -0.337 e. The molecule has 118 valence electrons. The van der Waals surface area contributed by atoms with E-state index in [1.165, 1.54) is 10.4 Å². The molecule has 1 unspecified atom stereocenters. The maximum Gasteiger partial charge on any atom is 0.236 e. The first kappa shape index (κ1) is 16.5. The van der Waals surface area contributed by atoms with Gasteiger partial charge in [0.05, 0.1) is 6.54 Å². The number of likely N-dealkylation sites (N-methyl/N-ethyl adjacent to an activating group) is 1. The molecule has 1 amide bonds. The van der Waals surface area contributed by atoms with Crippen molar-refractivity contribution < 1.29 is 4.79 Å². The predicted octanol–water partition coefficient (Wildman–Crippen LogP) is 1.95. The number of hydrogen-bond donors (Lipinski definition) is 1. The molecule has 1 aliphatic rings. The molecule has 1 atom stereocenters. The summed E-state index contributed by atoms with van der Waals surface area (Å²) >= 11 is 1.81. The number of thiophene rings is 1. The Morgan fingerprint density at radius 2 is 2.24 bits per heavy atom. The summed E-state index contributed by atoms with van der Waals surface area (Å²) in [4.78, 5) is 18.1.